The first-order valence-corrected chi connectivity index (χ1v) is 11.2. The number of para-hydroxylation sites is 1. The van der Waals surface area contributed by atoms with Crippen LogP contribution in [0.3, 0.4) is 0 Å². The van der Waals surface area contributed by atoms with Crippen molar-refractivity contribution in [3.8, 4) is 17.2 Å². The van der Waals surface area contributed by atoms with E-state index in [1.807, 2.05) is 31.3 Å². The minimum atomic E-state index is -0.290. The van der Waals surface area contributed by atoms with Crippen molar-refractivity contribution in [3.05, 3.63) is 101 Å². The minimum absolute atomic E-state index is 0.0570. The van der Waals surface area contributed by atoms with Gasteiger partial charge in [-0.15, -0.1) is 0 Å². The lowest BCUT2D eigenvalue weighted by Crippen LogP contribution is -2.34. The number of hydrogen-bond acceptors (Lipinski definition) is 5. The third-order valence-electron chi connectivity index (χ3n) is 5.87. The van der Waals surface area contributed by atoms with Gasteiger partial charge < -0.3 is 24.2 Å². The molecule has 0 aliphatic rings. The Hall–Kier alpha value is -4.52. The van der Waals surface area contributed by atoms with Crippen molar-refractivity contribution in [1.82, 2.24) is 10.3 Å². The molecule has 2 aromatic heterocycles. The van der Waals surface area contributed by atoms with E-state index in [0.717, 1.165) is 16.5 Å². The predicted octanol–water partition coefficient (Wildman–Crippen LogP) is 5.44. The molecule has 2 heterocycles. The summed E-state index contributed by atoms with van der Waals surface area (Å²) in [4.78, 5) is 28.7. The van der Waals surface area contributed by atoms with Crippen molar-refractivity contribution in [2.24, 2.45) is 0 Å². The SMILES string of the molecule is COc1ccc2c(=O)c(Oc3ccc(C(=O)N[C@@H](C)Cc4c[nH]c5ccccc45)cc3)coc2c1. The Balaban J connectivity index is 1.25. The zero-order chi connectivity index (χ0) is 24.4. The molecule has 0 bridgehead atoms. The van der Waals surface area contributed by atoms with Crippen molar-refractivity contribution in [1.29, 1.82) is 0 Å². The summed E-state index contributed by atoms with van der Waals surface area (Å²) in [5.41, 5.74) is 2.86. The maximum atomic E-state index is 12.7. The fourth-order valence-corrected chi connectivity index (χ4v) is 4.08. The molecule has 7 heteroatoms. The van der Waals surface area contributed by atoms with Gasteiger partial charge in [0.15, 0.2) is 0 Å². The number of aromatic amines is 1. The number of fused-ring (bicyclic) bond motifs is 2. The van der Waals surface area contributed by atoms with Gasteiger partial charge in [0.2, 0.25) is 11.2 Å². The molecule has 0 spiro atoms. The molecule has 7 nitrogen and oxygen atoms in total. The highest BCUT2D eigenvalue weighted by Crippen LogP contribution is 2.24. The van der Waals surface area contributed by atoms with Crippen LogP contribution in [0.4, 0.5) is 0 Å². The lowest BCUT2D eigenvalue weighted by molar-refractivity contribution is 0.0940. The third kappa shape index (κ3) is 4.61. The molecule has 0 fully saturated rings. The molecule has 0 saturated heterocycles. The quantitative estimate of drug-likeness (QED) is 0.332. The molecule has 1 atom stereocenters. The van der Waals surface area contributed by atoms with Crippen LogP contribution in [0, 0.1) is 0 Å². The van der Waals surface area contributed by atoms with Crippen LogP contribution in [0.15, 0.2) is 88.4 Å². The first-order valence-electron chi connectivity index (χ1n) is 11.2. The van der Waals surface area contributed by atoms with Gasteiger partial charge in [-0.3, -0.25) is 9.59 Å². The summed E-state index contributed by atoms with van der Waals surface area (Å²) in [6.45, 7) is 1.98. The zero-order valence-corrected chi connectivity index (χ0v) is 19.3. The molecule has 3 aromatic carbocycles. The highest BCUT2D eigenvalue weighted by atomic mass is 16.5. The molecule has 2 N–H and O–H groups in total. The van der Waals surface area contributed by atoms with Crippen LogP contribution in [0.1, 0.15) is 22.8 Å². The smallest absolute Gasteiger partial charge is 0.251 e. The number of methoxy groups -OCH3 is 1. The van der Waals surface area contributed by atoms with Gasteiger partial charge in [0.1, 0.15) is 23.3 Å². The van der Waals surface area contributed by atoms with Gasteiger partial charge >= 0.3 is 0 Å². The molecule has 0 radical (unpaired) electrons. The molecule has 0 aliphatic carbocycles. The summed E-state index contributed by atoms with van der Waals surface area (Å²) < 4.78 is 16.4. The Morgan fingerprint density at radius 3 is 2.60 bits per heavy atom. The van der Waals surface area contributed by atoms with Crippen molar-refractivity contribution in [3.63, 3.8) is 0 Å². The van der Waals surface area contributed by atoms with Crippen LogP contribution >= 0.6 is 0 Å². The number of carbonyl (C=O) groups is 1. The fraction of sp³-hybridized carbons (Fsp3) is 0.143. The van der Waals surface area contributed by atoms with Gasteiger partial charge in [-0.25, -0.2) is 0 Å². The van der Waals surface area contributed by atoms with Crippen molar-refractivity contribution in [2.45, 2.75) is 19.4 Å². The Bertz CT molecular complexity index is 1570. The van der Waals surface area contributed by atoms with E-state index in [0.29, 0.717) is 34.5 Å². The second kappa shape index (κ2) is 9.38. The van der Waals surface area contributed by atoms with E-state index in [4.69, 9.17) is 13.9 Å². The van der Waals surface area contributed by atoms with Gasteiger partial charge in [0, 0.05) is 34.8 Å². The van der Waals surface area contributed by atoms with Crippen molar-refractivity contribution < 1.29 is 18.7 Å². The van der Waals surface area contributed by atoms with E-state index in [1.165, 1.54) is 6.26 Å². The van der Waals surface area contributed by atoms with E-state index in [2.05, 4.69) is 16.4 Å². The van der Waals surface area contributed by atoms with E-state index in [-0.39, 0.29) is 23.1 Å². The normalized spacial score (nSPS) is 11.9. The van der Waals surface area contributed by atoms with Crippen LogP contribution in [0.2, 0.25) is 0 Å². The topological polar surface area (TPSA) is 93.6 Å². The molecular formula is C28H24N2O5. The maximum absolute atomic E-state index is 12.7. The van der Waals surface area contributed by atoms with Gasteiger partial charge in [-0.05, 0) is 61.4 Å². The van der Waals surface area contributed by atoms with Gasteiger partial charge in [0.25, 0.3) is 5.91 Å². The second-order valence-electron chi connectivity index (χ2n) is 8.36. The number of H-pyrrole nitrogens is 1. The highest BCUT2D eigenvalue weighted by Gasteiger charge is 2.14. The second-order valence-corrected chi connectivity index (χ2v) is 8.36. The van der Waals surface area contributed by atoms with Crippen LogP contribution in [-0.4, -0.2) is 24.0 Å². The fourth-order valence-electron chi connectivity index (χ4n) is 4.08. The Labute approximate surface area is 201 Å². The summed E-state index contributed by atoms with van der Waals surface area (Å²) in [6.07, 6.45) is 3.97. The highest BCUT2D eigenvalue weighted by molar-refractivity contribution is 5.94. The largest absolute Gasteiger partial charge is 0.497 e. The number of hydrogen-bond donors (Lipinski definition) is 2. The van der Waals surface area contributed by atoms with Gasteiger partial charge in [-0.1, -0.05) is 18.2 Å². The first-order chi connectivity index (χ1) is 17.0. The molecule has 5 rings (SSSR count). The third-order valence-corrected chi connectivity index (χ3v) is 5.87. The average Bonchev–Trinajstić information content (AvgIpc) is 3.28. The number of benzene rings is 3. The number of rotatable bonds is 7. The Morgan fingerprint density at radius 1 is 1.03 bits per heavy atom. The number of ether oxygens (including phenoxy) is 2. The van der Waals surface area contributed by atoms with E-state index >= 15 is 0 Å². The van der Waals surface area contributed by atoms with Crippen LogP contribution in [0.25, 0.3) is 21.9 Å². The van der Waals surface area contributed by atoms with Gasteiger partial charge in [0.05, 0.1) is 12.5 Å². The number of nitrogens with one attached hydrogen (secondary N) is 2. The van der Waals surface area contributed by atoms with Crippen molar-refractivity contribution in [2.75, 3.05) is 7.11 Å². The summed E-state index contributed by atoms with van der Waals surface area (Å²) in [5, 5.41) is 4.59. The number of aromatic nitrogens is 1. The lowest BCUT2D eigenvalue weighted by atomic mass is 10.1. The molecule has 1 amide bonds. The first kappa shape index (κ1) is 22.3. The summed E-state index contributed by atoms with van der Waals surface area (Å²) >= 11 is 0. The van der Waals surface area contributed by atoms with Crippen molar-refractivity contribution >= 4 is 27.8 Å². The Morgan fingerprint density at radius 2 is 1.80 bits per heavy atom. The predicted molar refractivity (Wildman–Crippen MR) is 134 cm³/mol. The Kier molecular flexibility index (Phi) is 5.97. The monoisotopic (exact) mass is 468 g/mol. The minimum Gasteiger partial charge on any atom is -0.497 e. The molecule has 176 valence electrons. The number of amides is 1. The van der Waals surface area contributed by atoms with E-state index < -0.39 is 0 Å². The summed E-state index contributed by atoms with van der Waals surface area (Å²) in [5.74, 6) is 0.905. The molecular weight excluding hydrogens is 444 g/mol. The summed E-state index contributed by atoms with van der Waals surface area (Å²) in [6, 6.07) is 19.6. The molecule has 0 saturated carbocycles. The van der Waals surface area contributed by atoms with E-state index in [1.54, 1.807) is 49.6 Å². The summed E-state index contributed by atoms with van der Waals surface area (Å²) in [7, 11) is 1.55. The van der Waals surface area contributed by atoms with Crippen LogP contribution < -0.4 is 20.2 Å². The molecule has 0 aliphatic heterocycles. The average molecular weight is 469 g/mol. The molecule has 35 heavy (non-hydrogen) atoms. The van der Waals surface area contributed by atoms with Gasteiger partial charge in [-0.2, -0.15) is 0 Å². The zero-order valence-electron chi connectivity index (χ0n) is 19.3. The maximum Gasteiger partial charge on any atom is 0.251 e. The molecule has 5 aromatic rings. The lowest BCUT2D eigenvalue weighted by Gasteiger charge is -2.14. The van der Waals surface area contributed by atoms with Crippen LogP contribution in [-0.2, 0) is 6.42 Å². The number of carbonyl (C=O) groups excluding carboxylic acids is 1. The van der Waals surface area contributed by atoms with Crippen LogP contribution in [0.5, 0.6) is 17.2 Å². The molecule has 0 unspecified atom stereocenters. The van der Waals surface area contributed by atoms with E-state index in [9.17, 15) is 9.59 Å². The standard InChI is InChI=1S/C28H24N2O5/c1-17(13-19-15-29-24-6-4-3-5-22(19)24)30-28(32)18-7-9-20(10-8-18)35-26-16-34-25-14-21(33-2)11-12-23(25)27(26)31/h3-12,14-17,29H,13H2,1-2H3,(H,30,32)/t17-/m0/s1.